The van der Waals surface area contributed by atoms with Crippen molar-refractivity contribution in [1.82, 2.24) is 5.32 Å². The van der Waals surface area contributed by atoms with E-state index in [-0.39, 0.29) is 29.9 Å². The van der Waals surface area contributed by atoms with Gasteiger partial charge in [0.2, 0.25) is 0 Å². The fourth-order valence-electron chi connectivity index (χ4n) is 5.94. The molecule has 1 heterocycles. The summed E-state index contributed by atoms with van der Waals surface area (Å²) in [5.74, 6) is -3.19. The van der Waals surface area contributed by atoms with E-state index in [1.807, 2.05) is 12.1 Å². The number of ether oxygens (including phenoxy) is 7. The van der Waals surface area contributed by atoms with Crippen LogP contribution in [0.3, 0.4) is 0 Å². The Hall–Kier alpha value is -6.87. The highest BCUT2D eigenvalue weighted by Crippen LogP contribution is 2.28. The molecule has 59 heavy (non-hydrogen) atoms. The lowest BCUT2D eigenvalue weighted by molar-refractivity contribution is -0.265. The van der Waals surface area contributed by atoms with Gasteiger partial charge in [0.1, 0.15) is 25.9 Å². The third-order valence-corrected chi connectivity index (χ3v) is 9.03. The van der Waals surface area contributed by atoms with E-state index >= 15 is 0 Å². The van der Waals surface area contributed by atoms with Crippen molar-refractivity contribution in [2.45, 2.75) is 49.9 Å². The van der Waals surface area contributed by atoms with E-state index in [4.69, 9.17) is 38.9 Å². The Morgan fingerprint density at radius 3 is 1.51 bits per heavy atom. The number of carbonyl (C=O) groups is 5. The number of nitrogens with two attached hydrogens (primary N) is 1. The molecule has 1 aliphatic heterocycles. The van der Waals surface area contributed by atoms with Crippen LogP contribution in [0.1, 0.15) is 42.2 Å². The zero-order chi connectivity index (χ0) is 41.4. The smallest absolute Gasteiger partial charge is 0.408 e. The van der Waals surface area contributed by atoms with Gasteiger partial charge in [-0.25, -0.2) is 24.0 Å². The number of hydrogen-bond donors (Lipinski definition) is 2. The summed E-state index contributed by atoms with van der Waals surface area (Å²) >= 11 is 0. The van der Waals surface area contributed by atoms with Crippen LogP contribution >= 0.6 is 0 Å². The van der Waals surface area contributed by atoms with Gasteiger partial charge in [0.15, 0.2) is 24.5 Å². The minimum Gasteiger partial charge on any atom is -0.459 e. The Balaban J connectivity index is 1.25. The average Bonchev–Trinajstić information content (AvgIpc) is 3.28. The minimum absolute atomic E-state index is 0.0865. The lowest BCUT2D eigenvalue weighted by Gasteiger charge is -2.43. The van der Waals surface area contributed by atoms with Crippen molar-refractivity contribution < 1.29 is 57.1 Å². The molecule has 6 atom stereocenters. The molecule has 1 saturated heterocycles. The predicted molar refractivity (Wildman–Crippen MR) is 210 cm³/mol. The number of carbonyl (C=O) groups excluding carboxylic acids is 5. The molecule has 0 saturated carbocycles. The van der Waals surface area contributed by atoms with Crippen LogP contribution in [0.15, 0.2) is 152 Å². The van der Waals surface area contributed by atoms with Gasteiger partial charge in [-0.15, -0.1) is 0 Å². The molecule has 0 unspecified atom stereocenters. The molecular formula is C45H42N2O12. The van der Waals surface area contributed by atoms with Gasteiger partial charge in [-0.05, 0) is 47.5 Å². The second kappa shape index (κ2) is 21.0. The number of nitrogens with one attached hydrogen (secondary N) is 1. The van der Waals surface area contributed by atoms with Crippen LogP contribution in [-0.2, 0) is 51.2 Å². The van der Waals surface area contributed by atoms with Crippen LogP contribution in [0, 0.1) is 0 Å². The van der Waals surface area contributed by atoms with Gasteiger partial charge in [-0.2, -0.15) is 0 Å². The van der Waals surface area contributed by atoms with Crippen molar-refractivity contribution >= 4 is 30.0 Å². The predicted octanol–water partition coefficient (Wildman–Crippen LogP) is 5.40. The van der Waals surface area contributed by atoms with E-state index < -0.39 is 79.9 Å². The summed E-state index contributed by atoms with van der Waals surface area (Å²) in [7, 11) is 0. The largest absolute Gasteiger partial charge is 0.459 e. The van der Waals surface area contributed by atoms with E-state index in [1.165, 1.54) is 24.3 Å². The maximum absolute atomic E-state index is 13.5. The molecular weight excluding hydrogens is 760 g/mol. The third kappa shape index (κ3) is 12.1. The zero-order valence-corrected chi connectivity index (χ0v) is 31.7. The summed E-state index contributed by atoms with van der Waals surface area (Å²) in [5.41, 5.74) is 8.70. The molecule has 1 aliphatic rings. The first kappa shape index (κ1) is 41.8. The molecule has 0 aliphatic carbocycles. The van der Waals surface area contributed by atoms with E-state index in [0.717, 1.165) is 0 Å². The summed E-state index contributed by atoms with van der Waals surface area (Å²) in [6.45, 7) is -1.29. The molecule has 304 valence electrons. The quantitative estimate of drug-likeness (QED) is 0.0955. The SMILES string of the molecule is N[C@@H]1[C@@H](OC[C@H](NC(=O)OCc2ccccc2)C(=O)OCc2ccccc2)O[C@H](COC(=O)c2ccccc2)[C@H](OC(=O)c2ccccc2)[C@@H]1OC(=O)c1ccccc1. The van der Waals surface area contributed by atoms with Crippen molar-refractivity contribution in [2.24, 2.45) is 5.73 Å². The fourth-order valence-corrected chi connectivity index (χ4v) is 5.94. The van der Waals surface area contributed by atoms with Gasteiger partial charge in [0.25, 0.3) is 0 Å². The maximum Gasteiger partial charge on any atom is 0.408 e. The van der Waals surface area contributed by atoms with Gasteiger partial charge in [-0.1, -0.05) is 115 Å². The summed E-state index contributed by atoms with van der Waals surface area (Å²) in [5, 5.41) is 2.48. The molecule has 14 heteroatoms. The van der Waals surface area contributed by atoms with Crippen LogP contribution in [-0.4, -0.2) is 79.9 Å². The van der Waals surface area contributed by atoms with Crippen molar-refractivity contribution in [3.63, 3.8) is 0 Å². The Morgan fingerprint density at radius 2 is 1.00 bits per heavy atom. The Bertz CT molecular complexity index is 2130. The molecule has 5 aromatic carbocycles. The van der Waals surface area contributed by atoms with Crippen molar-refractivity contribution in [3.8, 4) is 0 Å². The van der Waals surface area contributed by atoms with E-state index in [0.29, 0.717) is 11.1 Å². The number of amides is 1. The van der Waals surface area contributed by atoms with Gasteiger partial charge < -0.3 is 44.2 Å². The number of alkyl carbamates (subject to hydrolysis) is 1. The molecule has 0 bridgehead atoms. The second-order valence-corrected chi connectivity index (χ2v) is 13.2. The highest BCUT2D eigenvalue weighted by molar-refractivity contribution is 5.91. The summed E-state index contributed by atoms with van der Waals surface area (Å²) in [4.78, 5) is 66.7. The van der Waals surface area contributed by atoms with Crippen LogP contribution < -0.4 is 11.1 Å². The highest BCUT2D eigenvalue weighted by atomic mass is 16.7. The molecule has 0 spiro atoms. The van der Waals surface area contributed by atoms with Crippen molar-refractivity contribution in [1.29, 1.82) is 0 Å². The van der Waals surface area contributed by atoms with Gasteiger partial charge in [0.05, 0.1) is 29.3 Å². The number of benzene rings is 5. The first-order valence-electron chi connectivity index (χ1n) is 18.7. The molecule has 1 amide bonds. The summed E-state index contributed by atoms with van der Waals surface area (Å²) in [6, 6.07) is 39.3. The standard InChI is InChI=1S/C45H42N2O12/c46-37-39(59-42(50)34-24-14-5-15-25-34)38(58-41(49)33-22-12-4-13-23-33)36(29-54-40(48)32-20-10-3-11-21-32)57-44(37)55-28-35(43(51)53-26-30-16-6-1-7-17-30)47-45(52)56-27-31-18-8-2-9-19-31/h1-25,35-39,44H,26-29,46H2,(H,47,52)/t35-,36+,37-,38-,39+,44-/m0/s1. The molecule has 3 N–H and O–H groups in total. The van der Waals surface area contributed by atoms with Gasteiger partial charge in [0, 0.05) is 0 Å². The summed E-state index contributed by atoms with van der Waals surface area (Å²) < 4.78 is 40.7. The lowest BCUT2D eigenvalue weighted by Crippen LogP contribution is -2.65. The van der Waals surface area contributed by atoms with Crippen molar-refractivity contribution in [3.05, 3.63) is 179 Å². The topological polar surface area (TPSA) is 188 Å². The maximum atomic E-state index is 13.5. The van der Waals surface area contributed by atoms with Gasteiger partial charge >= 0.3 is 30.0 Å². The summed E-state index contributed by atoms with van der Waals surface area (Å²) in [6.07, 6.45) is -6.67. The molecule has 14 nitrogen and oxygen atoms in total. The van der Waals surface area contributed by atoms with E-state index in [2.05, 4.69) is 5.32 Å². The normalized spacial score (nSPS) is 19.0. The molecule has 0 aromatic heterocycles. The molecule has 6 rings (SSSR count). The fraction of sp³-hybridized carbons (Fsp3) is 0.222. The van der Waals surface area contributed by atoms with Crippen LogP contribution in [0.4, 0.5) is 4.79 Å². The Labute approximate surface area is 340 Å². The molecule has 5 aromatic rings. The Kier molecular flexibility index (Phi) is 14.9. The molecule has 1 fully saturated rings. The minimum atomic E-state index is -1.50. The van der Waals surface area contributed by atoms with Crippen LogP contribution in [0.25, 0.3) is 0 Å². The monoisotopic (exact) mass is 802 g/mol. The third-order valence-electron chi connectivity index (χ3n) is 9.03. The van der Waals surface area contributed by atoms with Gasteiger partial charge in [-0.3, -0.25) is 0 Å². The number of hydrogen-bond acceptors (Lipinski definition) is 13. The zero-order valence-electron chi connectivity index (χ0n) is 31.7. The first-order valence-corrected chi connectivity index (χ1v) is 18.7. The number of esters is 4. The Morgan fingerprint density at radius 1 is 0.559 bits per heavy atom. The van der Waals surface area contributed by atoms with Crippen molar-refractivity contribution in [2.75, 3.05) is 13.2 Å². The lowest BCUT2D eigenvalue weighted by atomic mass is 9.96. The second-order valence-electron chi connectivity index (χ2n) is 13.2. The van der Waals surface area contributed by atoms with E-state index in [9.17, 15) is 24.0 Å². The number of rotatable bonds is 16. The average molecular weight is 803 g/mol. The first-order chi connectivity index (χ1) is 28.7. The van der Waals surface area contributed by atoms with E-state index in [1.54, 1.807) is 115 Å². The molecule has 0 radical (unpaired) electrons. The van der Waals surface area contributed by atoms with Crippen LogP contribution in [0.2, 0.25) is 0 Å². The highest BCUT2D eigenvalue weighted by Gasteiger charge is 2.50. The van der Waals surface area contributed by atoms with Crippen LogP contribution in [0.5, 0.6) is 0 Å².